The minimum Gasteiger partial charge on any atom is -0.461 e. The Morgan fingerprint density at radius 2 is 1.91 bits per heavy atom. The first-order valence-electron chi connectivity index (χ1n) is 11.5. The number of halogens is 1. The van der Waals surface area contributed by atoms with Crippen LogP contribution in [0.25, 0.3) is 6.08 Å². The molecule has 2 aromatic rings. The Morgan fingerprint density at radius 1 is 1.18 bits per heavy atom. The fourth-order valence-corrected chi connectivity index (χ4v) is 5.39. The summed E-state index contributed by atoms with van der Waals surface area (Å²) in [7, 11) is 0. The van der Waals surface area contributed by atoms with Gasteiger partial charge >= 0.3 is 5.97 Å². The third-order valence-corrected chi connectivity index (χ3v) is 6.71. The monoisotopic (exact) mass is 449 g/mol. The van der Waals surface area contributed by atoms with E-state index in [1.54, 1.807) is 19.1 Å². The van der Waals surface area contributed by atoms with E-state index in [9.17, 15) is 9.18 Å². The van der Waals surface area contributed by atoms with Crippen molar-refractivity contribution in [2.45, 2.75) is 25.4 Å². The summed E-state index contributed by atoms with van der Waals surface area (Å²) in [4.78, 5) is 15.4. The normalized spacial score (nSPS) is 26.4. The van der Waals surface area contributed by atoms with Crippen LogP contribution in [0.3, 0.4) is 0 Å². The fraction of sp³-hybridized carbons (Fsp3) is 0.385. The third-order valence-electron chi connectivity index (χ3n) is 6.71. The summed E-state index contributed by atoms with van der Waals surface area (Å²) < 4.78 is 24.9. The first kappa shape index (κ1) is 21.8. The lowest BCUT2D eigenvalue weighted by Crippen LogP contribution is -2.63. The molecule has 3 aliphatic rings. The van der Waals surface area contributed by atoms with Crippen LogP contribution in [0, 0.1) is 11.7 Å². The highest BCUT2D eigenvalue weighted by atomic mass is 19.1. The van der Waals surface area contributed by atoms with Gasteiger partial charge in [-0.15, -0.1) is 0 Å². The second-order valence-corrected chi connectivity index (χ2v) is 8.49. The molecule has 7 heteroatoms. The van der Waals surface area contributed by atoms with Crippen LogP contribution < -0.4 is 5.01 Å². The fourth-order valence-electron chi connectivity index (χ4n) is 5.39. The highest BCUT2D eigenvalue weighted by Gasteiger charge is 2.62. The van der Waals surface area contributed by atoms with Gasteiger partial charge in [-0.3, -0.25) is 4.90 Å². The van der Waals surface area contributed by atoms with Gasteiger partial charge in [0.2, 0.25) is 0 Å². The van der Waals surface area contributed by atoms with E-state index in [0.29, 0.717) is 38.6 Å². The van der Waals surface area contributed by atoms with Crippen molar-refractivity contribution in [3.63, 3.8) is 0 Å². The molecule has 33 heavy (non-hydrogen) atoms. The number of hydrogen-bond donors (Lipinski definition) is 0. The molecule has 6 nitrogen and oxygen atoms in total. The van der Waals surface area contributed by atoms with Crippen LogP contribution in [0.15, 0.2) is 65.3 Å². The van der Waals surface area contributed by atoms with Crippen LogP contribution in [0.5, 0.6) is 0 Å². The average molecular weight is 450 g/mol. The number of ether oxygens (including phenoxy) is 2. The quantitative estimate of drug-likeness (QED) is 0.644. The molecule has 2 aliphatic heterocycles. The Balaban J connectivity index is 1.69. The minimum atomic E-state index is -0.667. The molecule has 0 spiro atoms. The van der Waals surface area contributed by atoms with Crippen LogP contribution >= 0.6 is 0 Å². The van der Waals surface area contributed by atoms with E-state index in [-0.39, 0.29) is 17.7 Å². The van der Waals surface area contributed by atoms with Gasteiger partial charge in [-0.2, -0.15) is 5.10 Å². The molecular weight excluding hydrogens is 421 g/mol. The van der Waals surface area contributed by atoms with Crippen molar-refractivity contribution >= 4 is 23.4 Å². The molecule has 0 aromatic heterocycles. The van der Waals surface area contributed by atoms with Gasteiger partial charge in [-0.05, 0) is 55.2 Å². The molecule has 2 atom stereocenters. The van der Waals surface area contributed by atoms with Crippen LogP contribution in [0.1, 0.15) is 25.3 Å². The molecule has 0 N–H and O–H groups in total. The van der Waals surface area contributed by atoms with E-state index >= 15 is 0 Å². The van der Waals surface area contributed by atoms with Gasteiger partial charge in [0.1, 0.15) is 11.5 Å². The number of carbonyl (C=O) groups excluding carboxylic acids is 1. The van der Waals surface area contributed by atoms with Gasteiger partial charge in [0, 0.05) is 13.1 Å². The van der Waals surface area contributed by atoms with E-state index in [1.165, 1.54) is 17.7 Å². The Kier molecular flexibility index (Phi) is 6.00. The van der Waals surface area contributed by atoms with Crippen molar-refractivity contribution < 1.29 is 18.7 Å². The van der Waals surface area contributed by atoms with Crippen molar-refractivity contribution in [1.82, 2.24) is 4.90 Å². The zero-order chi connectivity index (χ0) is 22.8. The topological polar surface area (TPSA) is 54.4 Å². The van der Waals surface area contributed by atoms with E-state index < -0.39 is 5.66 Å². The van der Waals surface area contributed by atoms with Crippen molar-refractivity contribution in [2.75, 3.05) is 37.9 Å². The van der Waals surface area contributed by atoms with Gasteiger partial charge in [0.15, 0.2) is 5.71 Å². The Bertz CT molecular complexity index is 1060. The van der Waals surface area contributed by atoms with Crippen LogP contribution in [-0.4, -0.2) is 55.2 Å². The van der Waals surface area contributed by atoms with Crippen molar-refractivity contribution in [2.24, 2.45) is 11.0 Å². The highest BCUT2D eigenvalue weighted by Crippen LogP contribution is 2.53. The average Bonchev–Trinajstić information content (AvgIpc) is 3.38. The maximum atomic E-state index is 13.8. The highest BCUT2D eigenvalue weighted by molar-refractivity contribution is 6.38. The molecule has 0 amide bonds. The number of rotatable bonds is 5. The molecule has 1 saturated heterocycles. The van der Waals surface area contributed by atoms with Crippen LogP contribution in [0.4, 0.5) is 10.1 Å². The second kappa shape index (κ2) is 9.08. The maximum Gasteiger partial charge on any atom is 0.354 e. The first-order chi connectivity index (χ1) is 16.1. The number of fused-ring (bicyclic) bond motifs is 1. The zero-order valence-electron chi connectivity index (χ0n) is 18.7. The van der Waals surface area contributed by atoms with Crippen molar-refractivity contribution in [3.8, 4) is 0 Å². The number of morpholine rings is 1. The second-order valence-electron chi connectivity index (χ2n) is 8.49. The molecule has 0 radical (unpaired) electrons. The Labute approximate surface area is 193 Å². The van der Waals surface area contributed by atoms with Crippen molar-refractivity contribution in [3.05, 3.63) is 71.6 Å². The molecule has 1 aliphatic carbocycles. The minimum absolute atomic E-state index is 0.158. The number of anilines is 1. The number of carbonyl (C=O) groups is 1. The predicted octanol–water partition coefficient (Wildman–Crippen LogP) is 4.09. The standard InChI is InChI=1S/C26H28FN3O3/c1-2-33-25(31)24-23-13-8-20(18-19-6-4-3-5-7-19)26(23,29-14-16-32-17-15-29)30(28-24)22-11-9-21(27)10-12-22/h3-7,9-12,18,23H,2,8,13-17H2,1H3/b20-18+. The summed E-state index contributed by atoms with van der Waals surface area (Å²) in [5.74, 6) is -0.851. The number of hydrazone groups is 1. The van der Waals surface area contributed by atoms with E-state index in [4.69, 9.17) is 14.6 Å². The summed E-state index contributed by atoms with van der Waals surface area (Å²) in [5, 5.41) is 6.79. The van der Waals surface area contributed by atoms with E-state index in [0.717, 1.165) is 24.1 Å². The molecule has 2 heterocycles. The maximum absolute atomic E-state index is 13.8. The summed E-state index contributed by atoms with van der Waals surface area (Å²) >= 11 is 0. The molecule has 5 rings (SSSR count). The summed E-state index contributed by atoms with van der Waals surface area (Å²) in [6, 6.07) is 16.5. The zero-order valence-corrected chi connectivity index (χ0v) is 18.7. The van der Waals surface area contributed by atoms with Crippen LogP contribution in [0.2, 0.25) is 0 Å². The molecule has 2 fully saturated rings. The Morgan fingerprint density at radius 3 is 2.61 bits per heavy atom. The van der Waals surface area contributed by atoms with E-state index in [2.05, 4.69) is 23.1 Å². The number of benzene rings is 2. The summed E-state index contributed by atoms with van der Waals surface area (Å²) in [5.41, 5.74) is 2.80. The van der Waals surface area contributed by atoms with Gasteiger partial charge < -0.3 is 9.47 Å². The lowest BCUT2D eigenvalue weighted by molar-refractivity contribution is -0.135. The summed E-state index contributed by atoms with van der Waals surface area (Å²) in [6.07, 6.45) is 3.83. The van der Waals surface area contributed by atoms with Gasteiger partial charge in [0.05, 0.1) is 31.4 Å². The first-order valence-corrected chi connectivity index (χ1v) is 11.5. The molecule has 1 saturated carbocycles. The SMILES string of the molecule is CCOC(=O)C1=NN(c2ccc(F)cc2)C2(N3CCOCC3)/C(=C/c3ccccc3)CCC12. The molecular formula is C26H28FN3O3. The Hall–Kier alpha value is -3.03. The lowest BCUT2D eigenvalue weighted by atomic mass is 9.86. The smallest absolute Gasteiger partial charge is 0.354 e. The third kappa shape index (κ3) is 3.75. The van der Waals surface area contributed by atoms with Crippen LogP contribution in [-0.2, 0) is 14.3 Å². The number of nitrogens with zero attached hydrogens (tertiary/aromatic N) is 3. The molecule has 0 bridgehead atoms. The van der Waals surface area contributed by atoms with Gasteiger partial charge in [0.25, 0.3) is 0 Å². The number of hydrogen-bond acceptors (Lipinski definition) is 6. The lowest BCUT2D eigenvalue weighted by Gasteiger charge is -2.49. The number of esters is 1. The molecule has 172 valence electrons. The van der Waals surface area contributed by atoms with Gasteiger partial charge in [-0.25, -0.2) is 14.2 Å². The molecule has 2 aromatic carbocycles. The van der Waals surface area contributed by atoms with Gasteiger partial charge in [-0.1, -0.05) is 36.4 Å². The largest absolute Gasteiger partial charge is 0.461 e. The summed E-state index contributed by atoms with van der Waals surface area (Å²) in [6.45, 7) is 4.74. The predicted molar refractivity (Wildman–Crippen MR) is 125 cm³/mol. The van der Waals surface area contributed by atoms with E-state index in [1.807, 2.05) is 23.2 Å². The molecule has 2 unspecified atom stereocenters. The van der Waals surface area contributed by atoms with Crippen molar-refractivity contribution in [1.29, 1.82) is 0 Å².